The highest BCUT2D eigenvalue weighted by molar-refractivity contribution is 5.78. The van der Waals surface area contributed by atoms with Crippen LogP contribution in [0.4, 0.5) is 0 Å². The van der Waals surface area contributed by atoms with E-state index in [1.807, 2.05) is 38.1 Å². The van der Waals surface area contributed by atoms with Crippen LogP contribution in [0.1, 0.15) is 21.5 Å². The summed E-state index contributed by atoms with van der Waals surface area (Å²) in [5.74, 6) is 0.596. The lowest BCUT2D eigenvalue weighted by Crippen LogP contribution is -2.21. The van der Waals surface area contributed by atoms with Crippen molar-refractivity contribution in [1.82, 2.24) is 9.38 Å². The number of pyridine rings is 1. The summed E-state index contributed by atoms with van der Waals surface area (Å²) in [5.41, 5.74) is 1.66. The van der Waals surface area contributed by atoms with Crippen molar-refractivity contribution in [2.45, 2.75) is 13.8 Å². The van der Waals surface area contributed by atoms with E-state index in [9.17, 15) is 9.59 Å². The van der Waals surface area contributed by atoms with Gasteiger partial charge in [-0.2, -0.15) is 4.98 Å². The first-order valence-corrected chi connectivity index (χ1v) is 6.82. The quantitative estimate of drug-likeness (QED) is 0.697. The third-order valence-electron chi connectivity index (χ3n) is 3.47. The molecule has 2 aromatic heterocycles. The largest absolute Gasteiger partial charge is 0.438 e. The zero-order valence-corrected chi connectivity index (χ0v) is 12.2. The Morgan fingerprint density at radius 3 is 2.55 bits per heavy atom. The Bertz CT molecular complexity index is 929. The summed E-state index contributed by atoms with van der Waals surface area (Å²) in [7, 11) is 0. The van der Waals surface area contributed by atoms with E-state index in [-0.39, 0.29) is 11.4 Å². The van der Waals surface area contributed by atoms with Gasteiger partial charge in [-0.3, -0.25) is 14.0 Å². The lowest BCUT2D eigenvalue weighted by Gasteiger charge is -2.11. The molecule has 5 nitrogen and oxygen atoms in total. The number of hydrogen-bond donors (Lipinski definition) is 0. The minimum atomic E-state index is -0.438. The number of carbonyl (C=O) groups excluding carboxylic acids is 1. The monoisotopic (exact) mass is 294 g/mol. The Kier molecular flexibility index (Phi) is 3.47. The Labute approximate surface area is 126 Å². The molecule has 3 rings (SSSR count). The third kappa shape index (κ3) is 2.26. The van der Waals surface area contributed by atoms with E-state index in [0.717, 1.165) is 11.1 Å². The summed E-state index contributed by atoms with van der Waals surface area (Å²) in [6.07, 6.45) is 2.07. The molecule has 0 amide bonds. The van der Waals surface area contributed by atoms with Gasteiger partial charge in [0.25, 0.3) is 5.56 Å². The van der Waals surface area contributed by atoms with Crippen LogP contribution in [0.2, 0.25) is 0 Å². The smallest absolute Gasteiger partial charge is 0.272 e. The fourth-order valence-electron chi connectivity index (χ4n) is 2.25. The molecule has 110 valence electrons. The number of rotatable bonds is 3. The van der Waals surface area contributed by atoms with E-state index in [4.69, 9.17) is 4.74 Å². The molecule has 0 radical (unpaired) electrons. The molecule has 0 N–H and O–H groups in total. The summed E-state index contributed by atoms with van der Waals surface area (Å²) in [6, 6.07) is 10.9. The van der Waals surface area contributed by atoms with Gasteiger partial charge in [0, 0.05) is 6.20 Å². The Morgan fingerprint density at radius 1 is 1.09 bits per heavy atom. The molecule has 0 aliphatic carbocycles. The predicted molar refractivity (Wildman–Crippen MR) is 82.8 cm³/mol. The predicted octanol–water partition coefficient (Wildman–Crippen LogP) is 2.92. The number of para-hydroxylation sites is 1. The van der Waals surface area contributed by atoms with E-state index in [1.165, 1.54) is 4.40 Å². The molecule has 1 aromatic carbocycles. The van der Waals surface area contributed by atoms with Gasteiger partial charge in [-0.25, -0.2) is 0 Å². The van der Waals surface area contributed by atoms with Crippen molar-refractivity contribution >= 4 is 11.9 Å². The molecule has 0 aliphatic heterocycles. The van der Waals surface area contributed by atoms with Crippen LogP contribution in [0.25, 0.3) is 5.65 Å². The number of ether oxygens (including phenoxy) is 1. The Morgan fingerprint density at radius 2 is 1.82 bits per heavy atom. The third-order valence-corrected chi connectivity index (χ3v) is 3.47. The van der Waals surface area contributed by atoms with Gasteiger partial charge in [-0.15, -0.1) is 0 Å². The summed E-state index contributed by atoms with van der Waals surface area (Å²) in [5, 5.41) is 0. The molecule has 0 fully saturated rings. The number of carbonyl (C=O) groups is 1. The number of hydrogen-bond acceptors (Lipinski definition) is 4. The number of nitrogens with zero attached hydrogens (tertiary/aromatic N) is 2. The van der Waals surface area contributed by atoms with Gasteiger partial charge in [0.1, 0.15) is 17.0 Å². The van der Waals surface area contributed by atoms with Crippen molar-refractivity contribution in [3.63, 3.8) is 0 Å². The van der Waals surface area contributed by atoms with E-state index < -0.39 is 5.56 Å². The number of aryl methyl sites for hydroxylation is 2. The number of fused-ring (bicyclic) bond motifs is 1. The van der Waals surface area contributed by atoms with Crippen molar-refractivity contribution in [3.05, 3.63) is 69.6 Å². The maximum atomic E-state index is 12.4. The molecular formula is C17H14N2O3. The van der Waals surface area contributed by atoms with Gasteiger partial charge in [0.2, 0.25) is 5.88 Å². The number of aromatic nitrogens is 2. The van der Waals surface area contributed by atoms with Gasteiger partial charge >= 0.3 is 0 Å². The molecule has 0 bridgehead atoms. The Balaban J connectivity index is 2.25. The standard InChI is InChI=1S/C17H14N2O3/c1-11-6-3-4-8-14(11)22-16-13(10-20)17(21)19-9-5-7-12(2)15(19)18-16/h3-10H,1-2H3. The molecule has 5 heteroatoms. The SMILES string of the molecule is Cc1ccccc1Oc1nc2c(C)cccn2c(=O)c1C=O. The molecule has 0 saturated heterocycles. The summed E-state index contributed by atoms with van der Waals surface area (Å²) >= 11 is 0. The molecule has 0 saturated carbocycles. The van der Waals surface area contributed by atoms with Gasteiger partial charge in [0.05, 0.1) is 0 Å². The second kappa shape index (κ2) is 5.44. The van der Waals surface area contributed by atoms with Crippen molar-refractivity contribution in [2.75, 3.05) is 0 Å². The van der Waals surface area contributed by atoms with Crippen LogP contribution in [0.3, 0.4) is 0 Å². The first-order valence-electron chi connectivity index (χ1n) is 6.82. The molecule has 0 aliphatic rings. The van der Waals surface area contributed by atoms with Crippen molar-refractivity contribution in [3.8, 4) is 11.6 Å². The van der Waals surface area contributed by atoms with Crippen LogP contribution >= 0.6 is 0 Å². The number of aldehydes is 1. The molecular weight excluding hydrogens is 280 g/mol. The summed E-state index contributed by atoms with van der Waals surface area (Å²) < 4.78 is 7.07. The molecule has 3 aromatic rings. The van der Waals surface area contributed by atoms with E-state index in [0.29, 0.717) is 17.7 Å². The van der Waals surface area contributed by atoms with E-state index >= 15 is 0 Å². The second-order valence-corrected chi connectivity index (χ2v) is 5.01. The van der Waals surface area contributed by atoms with Crippen molar-refractivity contribution in [2.24, 2.45) is 0 Å². The topological polar surface area (TPSA) is 60.7 Å². The van der Waals surface area contributed by atoms with Gasteiger partial charge < -0.3 is 4.74 Å². The lowest BCUT2D eigenvalue weighted by atomic mass is 10.2. The van der Waals surface area contributed by atoms with Gasteiger partial charge in [-0.05, 0) is 37.1 Å². The minimum Gasteiger partial charge on any atom is -0.438 e. The zero-order chi connectivity index (χ0) is 15.7. The second-order valence-electron chi connectivity index (χ2n) is 5.01. The maximum absolute atomic E-state index is 12.4. The summed E-state index contributed by atoms with van der Waals surface area (Å²) in [6.45, 7) is 3.73. The van der Waals surface area contributed by atoms with E-state index in [1.54, 1.807) is 18.3 Å². The van der Waals surface area contributed by atoms with Crippen LogP contribution in [0.15, 0.2) is 47.4 Å². The molecule has 0 unspecified atom stereocenters. The van der Waals surface area contributed by atoms with Crippen molar-refractivity contribution < 1.29 is 9.53 Å². The fraction of sp³-hybridized carbons (Fsp3) is 0.118. The van der Waals surface area contributed by atoms with Gasteiger partial charge in [0.15, 0.2) is 6.29 Å². The normalized spacial score (nSPS) is 10.6. The average molecular weight is 294 g/mol. The highest BCUT2D eigenvalue weighted by atomic mass is 16.5. The highest BCUT2D eigenvalue weighted by Gasteiger charge is 2.15. The van der Waals surface area contributed by atoms with Crippen LogP contribution in [-0.2, 0) is 0 Å². The van der Waals surface area contributed by atoms with Crippen LogP contribution < -0.4 is 10.3 Å². The lowest BCUT2D eigenvalue weighted by molar-refractivity contribution is 0.111. The highest BCUT2D eigenvalue weighted by Crippen LogP contribution is 2.24. The maximum Gasteiger partial charge on any atom is 0.272 e. The summed E-state index contributed by atoms with van der Waals surface area (Å²) in [4.78, 5) is 28.1. The minimum absolute atomic E-state index is 0.0311. The number of benzene rings is 1. The molecule has 0 atom stereocenters. The molecule has 0 spiro atoms. The zero-order valence-electron chi connectivity index (χ0n) is 12.2. The average Bonchev–Trinajstić information content (AvgIpc) is 2.51. The first-order chi connectivity index (χ1) is 10.6. The Hall–Kier alpha value is -2.95. The first kappa shape index (κ1) is 14.0. The van der Waals surface area contributed by atoms with Gasteiger partial charge in [-0.1, -0.05) is 24.3 Å². The van der Waals surface area contributed by atoms with Crippen LogP contribution in [0.5, 0.6) is 11.6 Å². The molecule has 2 heterocycles. The van der Waals surface area contributed by atoms with Crippen LogP contribution in [-0.4, -0.2) is 15.7 Å². The fourth-order valence-corrected chi connectivity index (χ4v) is 2.25. The van der Waals surface area contributed by atoms with Crippen molar-refractivity contribution in [1.29, 1.82) is 0 Å². The molecule has 22 heavy (non-hydrogen) atoms. The van der Waals surface area contributed by atoms with Crippen LogP contribution in [0, 0.1) is 13.8 Å². The van der Waals surface area contributed by atoms with E-state index in [2.05, 4.69) is 4.98 Å².